The maximum Gasteiger partial charge on any atom is 0.249 e. The molecule has 0 unspecified atom stereocenters. The molecule has 3 atom stereocenters. The third kappa shape index (κ3) is 3.86. The van der Waals surface area contributed by atoms with Crippen molar-refractivity contribution < 1.29 is 14.3 Å². The minimum Gasteiger partial charge on any atom is -0.481 e. The third-order valence-corrected chi connectivity index (χ3v) is 6.07. The number of hydrogen-bond acceptors (Lipinski definition) is 5. The number of nitrogens with one attached hydrogen (secondary N) is 1. The Hall–Kier alpha value is -1.66. The molecule has 6 nitrogen and oxygen atoms in total. The van der Waals surface area contributed by atoms with Crippen LogP contribution in [-0.2, 0) is 16.1 Å². The van der Waals surface area contributed by atoms with E-state index in [2.05, 4.69) is 21.3 Å². The molecule has 2 saturated heterocycles. The lowest BCUT2D eigenvalue weighted by Gasteiger charge is -2.34. The van der Waals surface area contributed by atoms with Crippen molar-refractivity contribution in [3.63, 3.8) is 0 Å². The number of amides is 1. The van der Waals surface area contributed by atoms with Crippen LogP contribution >= 0.6 is 0 Å². The number of carbonyl (C=O) groups excluding carboxylic acids is 1. The van der Waals surface area contributed by atoms with Crippen LogP contribution in [0.2, 0.25) is 0 Å². The lowest BCUT2D eigenvalue weighted by molar-refractivity contribution is -0.133. The minimum absolute atomic E-state index is 0.103. The highest BCUT2D eigenvalue weighted by Gasteiger charge is 2.42. The summed E-state index contributed by atoms with van der Waals surface area (Å²) in [6.45, 7) is 2.71. The molecule has 0 bridgehead atoms. The van der Waals surface area contributed by atoms with Gasteiger partial charge in [-0.3, -0.25) is 9.69 Å². The highest BCUT2D eigenvalue weighted by molar-refractivity contribution is 5.81. The molecular formula is C20H29N3O3. The summed E-state index contributed by atoms with van der Waals surface area (Å²) in [7, 11) is 1.66. The molecule has 1 aliphatic carbocycles. The lowest BCUT2D eigenvalue weighted by Crippen LogP contribution is -2.42. The molecule has 3 aliphatic rings. The van der Waals surface area contributed by atoms with Crippen LogP contribution in [0.25, 0.3) is 0 Å². The number of piperidine rings is 1. The number of aromatic nitrogens is 1. The Balaban J connectivity index is 1.32. The van der Waals surface area contributed by atoms with E-state index in [0.717, 1.165) is 50.9 Å². The fourth-order valence-electron chi connectivity index (χ4n) is 4.64. The molecule has 142 valence electrons. The maximum atomic E-state index is 12.5. The van der Waals surface area contributed by atoms with E-state index >= 15 is 0 Å². The summed E-state index contributed by atoms with van der Waals surface area (Å²) in [5.74, 6) is 1.30. The van der Waals surface area contributed by atoms with Crippen LogP contribution in [0, 0.1) is 5.92 Å². The van der Waals surface area contributed by atoms with Crippen molar-refractivity contribution in [3.8, 4) is 5.88 Å². The molecule has 0 radical (unpaired) electrons. The molecule has 3 heterocycles. The first-order valence-corrected chi connectivity index (χ1v) is 9.89. The molecule has 0 spiro atoms. The number of likely N-dealkylation sites (tertiary alicyclic amines) is 1. The van der Waals surface area contributed by atoms with E-state index in [9.17, 15) is 4.79 Å². The first kappa shape index (κ1) is 17.7. The standard InChI is InChI=1S/C20H29N3O3/c1-25-20-15(5-4-9-21-20)12-23-10-8-14-11-17(26-18(14)13-23)19(24)22-16-6-2-3-7-16/h4-5,9,14,16-18H,2-3,6-8,10-13H2,1H3,(H,22,24)/t14-,17-,18-/m1/s1. The molecule has 1 amide bonds. The molecule has 1 aromatic heterocycles. The van der Waals surface area contributed by atoms with Crippen molar-refractivity contribution in [2.45, 2.75) is 63.3 Å². The fraction of sp³-hybridized carbons (Fsp3) is 0.700. The van der Waals surface area contributed by atoms with Gasteiger partial charge in [0.05, 0.1) is 13.2 Å². The largest absolute Gasteiger partial charge is 0.481 e. The summed E-state index contributed by atoms with van der Waals surface area (Å²) >= 11 is 0. The van der Waals surface area contributed by atoms with E-state index in [4.69, 9.17) is 9.47 Å². The zero-order valence-corrected chi connectivity index (χ0v) is 15.5. The van der Waals surface area contributed by atoms with Gasteiger partial charge < -0.3 is 14.8 Å². The van der Waals surface area contributed by atoms with Crippen LogP contribution in [0.1, 0.15) is 44.1 Å². The van der Waals surface area contributed by atoms with Gasteiger partial charge in [0.2, 0.25) is 11.8 Å². The second kappa shape index (κ2) is 7.92. The fourth-order valence-corrected chi connectivity index (χ4v) is 4.64. The maximum absolute atomic E-state index is 12.5. The van der Waals surface area contributed by atoms with Gasteiger partial charge in [0, 0.05) is 30.9 Å². The molecule has 1 N–H and O–H groups in total. The van der Waals surface area contributed by atoms with Crippen molar-refractivity contribution in [1.82, 2.24) is 15.2 Å². The Morgan fingerprint density at radius 3 is 3.04 bits per heavy atom. The van der Waals surface area contributed by atoms with Crippen molar-refractivity contribution in [2.75, 3.05) is 20.2 Å². The second-order valence-corrected chi connectivity index (χ2v) is 7.84. The Labute approximate surface area is 155 Å². The summed E-state index contributed by atoms with van der Waals surface area (Å²) in [5.41, 5.74) is 1.10. The average molecular weight is 359 g/mol. The summed E-state index contributed by atoms with van der Waals surface area (Å²) in [4.78, 5) is 19.2. The SMILES string of the molecule is COc1ncccc1CN1CC[C@@H]2C[C@H](C(=O)NC3CCCC3)O[C@@H]2C1. The zero-order valence-electron chi connectivity index (χ0n) is 15.5. The molecule has 2 aliphatic heterocycles. The van der Waals surface area contributed by atoms with Crippen molar-refractivity contribution in [2.24, 2.45) is 5.92 Å². The Bertz CT molecular complexity index is 632. The number of ether oxygens (including phenoxy) is 2. The van der Waals surface area contributed by atoms with Crippen LogP contribution in [-0.4, -0.2) is 54.2 Å². The number of hydrogen-bond donors (Lipinski definition) is 1. The summed E-state index contributed by atoms with van der Waals surface area (Å²) in [5, 5.41) is 3.19. The Morgan fingerprint density at radius 1 is 1.38 bits per heavy atom. The number of methoxy groups -OCH3 is 1. The number of nitrogens with zero attached hydrogens (tertiary/aromatic N) is 2. The quantitative estimate of drug-likeness (QED) is 0.873. The smallest absolute Gasteiger partial charge is 0.249 e. The van der Waals surface area contributed by atoms with Gasteiger partial charge in [0.1, 0.15) is 6.10 Å². The van der Waals surface area contributed by atoms with E-state index in [1.54, 1.807) is 13.3 Å². The molecule has 0 aromatic carbocycles. The van der Waals surface area contributed by atoms with Gasteiger partial charge in [-0.1, -0.05) is 18.9 Å². The number of fused-ring (bicyclic) bond motifs is 1. The van der Waals surface area contributed by atoms with E-state index in [1.165, 1.54) is 12.8 Å². The second-order valence-electron chi connectivity index (χ2n) is 7.84. The molecule has 1 aromatic rings. The lowest BCUT2D eigenvalue weighted by atomic mass is 9.91. The summed E-state index contributed by atoms with van der Waals surface area (Å²) < 4.78 is 11.5. The van der Waals surface area contributed by atoms with Gasteiger partial charge in [0.25, 0.3) is 0 Å². The molecule has 6 heteroatoms. The van der Waals surface area contributed by atoms with Crippen molar-refractivity contribution in [3.05, 3.63) is 23.9 Å². The highest BCUT2D eigenvalue weighted by Crippen LogP contribution is 2.34. The topological polar surface area (TPSA) is 63.7 Å². The predicted octanol–water partition coefficient (Wildman–Crippen LogP) is 2.13. The van der Waals surface area contributed by atoms with Crippen LogP contribution in [0.15, 0.2) is 18.3 Å². The van der Waals surface area contributed by atoms with Crippen LogP contribution in [0.3, 0.4) is 0 Å². The molecule has 3 fully saturated rings. The molecule has 4 rings (SSSR count). The van der Waals surface area contributed by atoms with Gasteiger partial charge in [-0.25, -0.2) is 4.98 Å². The van der Waals surface area contributed by atoms with E-state index in [1.807, 2.05) is 6.07 Å². The molecule has 1 saturated carbocycles. The highest BCUT2D eigenvalue weighted by atomic mass is 16.5. The van der Waals surface area contributed by atoms with Gasteiger partial charge >= 0.3 is 0 Å². The predicted molar refractivity (Wildman–Crippen MR) is 97.8 cm³/mol. The monoisotopic (exact) mass is 359 g/mol. The van der Waals surface area contributed by atoms with Gasteiger partial charge in [0.15, 0.2) is 0 Å². The van der Waals surface area contributed by atoms with Crippen LogP contribution in [0.4, 0.5) is 0 Å². The first-order valence-electron chi connectivity index (χ1n) is 9.89. The zero-order chi connectivity index (χ0) is 17.9. The molecular weight excluding hydrogens is 330 g/mol. The number of carbonyl (C=O) groups is 1. The van der Waals surface area contributed by atoms with Crippen molar-refractivity contribution >= 4 is 5.91 Å². The molecule has 26 heavy (non-hydrogen) atoms. The Morgan fingerprint density at radius 2 is 2.23 bits per heavy atom. The summed E-state index contributed by atoms with van der Waals surface area (Å²) in [6, 6.07) is 4.37. The first-order chi connectivity index (χ1) is 12.7. The van der Waals surface area contributed by atoms with Crippen LogP contribution in [0.5, 0.6) is 5.88 Å². The van der Waals surface area contributed by atoms with Gasteiger partial charge in [-0.05, 0) is 44.2 Å². The van der Waals surface area contributed by atoms with Crippen molar-refractivity contribution in [1.29, 1.82) is 0 Å². The number of rotatable bonds is 5. The van der Waals surface area contributed by atoms with Crippen LogP contribution < -0.4 is 10.1 Å². The minimum atomic E-state index is -0.265. The third-order valence-electron chi connectivity index (χ3n) is 6.07. The van der Waals surface area contributed by atoms with Gasteiger partial charge in [-0.2, -0.15) is 0 Å². The summed E-state index contributed by atoms with van der Waals surface area (Å²) in [6.07, 6.45) is 8.29. The normalized spacial score (nSPS) is 29.5. The van der Waals surface area contributed by atoms with E-state index in [0.29, 0.717) is 17.8 Å². The number of pyridine rings is 1. The average Bonchev–Trinajstić information content (AvgIpc) is 3.31. The van der Waals surface area contributed by atoms with Gasteiger partial charge in [-0.15, -0.1) is 0 Å². The van der Waals surface area contributed by atoms with E-state index < -0.39 is 0 Å². The van der Waals surface area contributed by atoms with E-state index in [-0.39, 0.29) is 18.1 Å². The Kier molecular flexibility index (Phi) is 5.41.